The average Bonchev–Trinajstić information content (AvgIpc) is 3.24. The highest BCUT2D eigenvalue weighted by Gasteiger charge is 2.35. The second-order valence-corrected chi connectivity index (χ2v) is 6.88. The number of aliphatic imine (C=N–C) groups is 1. The van der Waals surface area contributed by atoms with Crippen molar-refractivity contribution in [2.45, 2.75) is 51.5 Å². The maximum atomic E-state index is 5.62. The molecule has 2 aromatic rings. The van der Waals surface area contributed by atoms with Gasteiger partial charge in [0.1, 0.15) is 5.76 Å². The second-order valence-electron chi connectivity index (χ2n) is 6.88. The van der Waals surface area contributed by atoms with Gasteiger partial charge in [-0.2, -0.15) is 0 Å². The van der Waals surface area contributed by atoms with Crippen molar-refractivity contribution in [3.8, 4) is 0 Å². The molecule has 0 saturated heterocycles. The van der Waals surface area contributed by atoms with E-state index in [1.54, 1.807) is 7.05 Å². The molecule has 0 radical (unpaired) electrons. The third-order valence-electron chi connectivity index (χ3n) is 5.24. The van der Waals surface area contributed by atoms with Crippen LogP contribution in [0.3, 0.4) is 0 Å². The fraction of sp³-hybridized carbons (Fsp3) is 0.500. The fourth-order valence-corrected chi connectivity index (χ4v) is 3.66. The SMILES string of the molecule is CN=C(NCc1nc(C)c(C)o1)NCC1(c2ccccc2)CCCC1. The molecule has 1 fully saturated rings. The number of nitrogens with zero attached hydrogens (tertiary/aromatic N) is 2. The Kier molecular flexibility index (Phi) is 5.41. The van der Waals surface area contributed by atoms with Crippen LogP contribution in [0.4, 0.5) is 0 Å². The van der Waals surface area contributed by atoms with Gasteiger partial charge in [-0.25, -0.2) is 4.98 Å². The lowest BCUT2D eigenvalue weighted by molar-refractivity contribution is 0.429. The molecule has 25 heavy (non-hydrogen) atoms. The molecule has 3 rings (SSSR count). The van der Waals surface area contributed by atoms with Crippen LogP contribution in [0.2, 0.25) is 0 Å². The van der Waals surface area contributed by atoms with Gasteiger partial charge in [0.2, 0.25) is 5.89 Å². The Hall–Kier alpha value is -2.30. The number of guanidine groups is 1. The number of aromatic nitrogens is 1. The summed E-state index contributed by atoms with van der Waals surface area (Å²) in [6.45, 7) is 5.31. The Bertz CT molecular complexity index is 695. The first-order valence-electron chi connectivity index (χ1n) is 9.06. The van der Waals surface area contributed by atoms with E-state index in [0.29, 0.717) is 12.4 Å². The third-order valence-corrected chi connectivity index (χ3v) is 5.24. The Morgan fingerprint density at radius 1 is 1.16 bits per heavy atom. The molecule has 1 aliphatic carbocycles. The average molecular weight is 340 g/mol. The van der Waals surface area contributed by atoms with Crippen LogP contribution in [0.15, 0.2) is 39.7 Å². The highest BCUT2D eigenvalue weighted by Crippen LogP contribution is 2.40. The molecule has 5 nitrogen and oxygen atoms in total. The van der Waals surface area contributed by atoms with Gasteiger partial charge >= 0.3 is 0 Å². The molecule has 0 bridgehead atoms. The number of oxazole rings is 1. The van der Waals surface area contributed by atoms with Crippen molar-refractivity contribution in [2.24, 2.45) is 4.99 Å². The molecule has 1 aromatic heterocycles. The maximum Gasteiger partial charge on any atom is 0.214 e. The van der Waals surface area contributed by atoms with Gasteiger partial charge in [-0.3, -0.25) is 4.99 Å². The van der Waals surface area contributed by atoms with Gasteiger partial charge in [-0.1, -0.05) is 43.2 Å². The molecule has 1 aliphatic rings. The van der Waals surface area contributed by atoms with Crippen molar-refractivity contribution in [1.82, 2.24) is 15.6 Å². The van der Waals surface area contributed by atoms with Crippen molar-refractivity contribution < 1.29 is 4.42 Å². The monoisotopic (exact) mass is 340 g/mol. The van der Waals surface area contributed by atoms with Crippen LogP contribution in [0.1, 0.15) is 48.6 Å². The van der Waals surface area contributed by atoms with Crippen molar-refractivity contribution in [3.63, 3.8) is 0 Å². The molecule has 0 amide bonds. The van der Waals surface area contributed by atoms with Crippen LogP contribution < -0.4 is 10.6 Å². The molecule has 2 N–H and O–H groups in total. The third kappa shape index (κ3) is 4.03. The normalized spacial score (nSPS) is 16.8. The molecule has 5 heteroatoms. The minimum Gasteiger partial charge on any atom is -0.444 e. The van der Waals surface area contributed by atoms with E-state index in [-0.39, 0.29) is 5.41 Å². The van der Waals surface area contributed by atoms with E-state index in [2.05, 4.69) is 50.9 Å². The minimum absolute atomic E-state index is 0.203. The quantitative estimate of drug-likeness (QED) is 0.646. The van der Waals surface area contributed by atoms with E-state index in [0.717, 1.165) is 24.0 Å². The summed E-state index contributed by atoms with van der Waals surface area (Å²) in [5.74, 6) is 2.35. The molecule has 0 spiro atoms. The van der Waals surface area contributed by atoms with Gasteiger partial charge in [0.25, 0.3) is 0 Å². The molecule has 0 aliphatic heterocycles. The van der Waals surface area contributed by atoms with E-state index in [1.807, 2.05) is 13.8 Å². The van der Waals surface area contributed by atoms with Crippen LogP contribution in [0, 0.1) is 13.8 Å². The largest absolute Gasteiger partial charge is 0.444 e. The zero-order valence-electron chi connectivity index (χ0n) is 15.4. The number of rotatable bonds is 5. The Balaban J connectivity index is 1.61. The van der Waals surface area contributed by atoms with Crippen LogP contribution >= 0.6 is 0 Å². The summed E-state index contributed by atoms with van der Waals surface area (Å²) in [5, 5.41) is 6.81. The highest BCUT2D eigenvalue weighted by molar-refractivity contribution is 5.79. The summed E-state index contributed by atoms with van der Waals surface area (Å²) in [6.07, 6.45) is 5.02. The zero-order valence-corrected chi connectivity index (χ0v) is 15.4. The molecular formula is C20H28N4O. The van der Waals surface area contributed by atoms with Crippen molar-refractivity contribution in [1.29, 1.82) is 0 Å². The standard InChI is InChI=1S/C20H28N4O/c1-15-16(2)25-18(24-15)13-22-19(21-3)23-14-20(11-7-8-12-20)17-9-5-4-6-10-17/h4-6,9-10H,7-8,11-14H2,1-3H3,(H2,21,22,23). The van der Waals surface area contributed by atoms with Gasteiger partial charge in [0.15, 0.2) is 5.96 Å². The number of nitrogens with one attached hydrogen (secondary N) is 2. The second kappa shape index (κ2) is 7.72. The predicted molar refractivity (Wildman–Crippen MR) is 101 cm³/mol. The number of hydrogen-bond donors (Lipinski definition) is 2. The maximum absolute atomic E-state index is 5.62. The van der Waals surface area contributed by atoms with Crippen LogP contribution in [-0.4, -0.2) is 24.5 Å². The summed E-state index contributed by atoms with van der Waals surface area (Å²) >= 11 is 0. The van der Waals surface area contributed by atoms with E-state index in [4.69, 9.17) is 4.42 Å². The van der Waals surface area contributed by atoms with Crippen molar-refractivity contribution in [2.75, 3.05) is 13.6 Å². The van der Waals surface area contributed by atoms with E-state index in [1.165, 1.54) is 31.2 Å². The summed E-state index contributed by atoms with van der Waals surface area (Å²) in [5.41, 5.74) is 2.57. The topological polar surface area (TPSA) is 62.5 Å². The number of benzene rings is 1. The molecule has 1 saturated carbocycles. The number of aryl methyl sites for hydroxylation is 2. The Morgan fingerprint density at radius 3 is 2.48 bits per heavy atom. The molecular weight excluding hydrogens is 312 g/mol. The Labute approximate surface area is 150 Å². The smallest absolute Gasteiger partial charge is 0.214 e. The van der Waals surface area contributed by atoms with Gasteiger partial charge in [0.05, 0.1) is 12.2 Å². The molecule has 1 heterocycles. The summed E-state index contributed by atoms with van der Waals surface area (Å²) in [7, 11) is 1.80. The first-order valence-corrected chi connectivity index (χ1v) is 9.06. The molecule has 0 atom stereocenters. The van der Waals surface area contributed by atoms with Crippen LogP contribution in [0.5, 0.6) is 0 Å². The minimum atomic E-state index is 0.203. The van der Waals surface area contributed by atoms with Crippen molar-refractivity contribution in [3.05, 3.63) is 53.2 Å². The van der Waals surface area contributed by atoms with E-state index in [9.17, 15) is 0 Å². The van der Waals surface area contributed by atoms with Crippen LogP contribution in [0.25, 0.3) is 0 Å². The summed E-state index contributed by atoms with van der Waals surface area (Å²) in [6, 6.07) is 10.9. The molecule has 134 valence electrons. The zero-order chi connectivity index (χ0) is 17.7. The van der Waals surface area contributed by atoms with E-state index < -0.39 is 0 Å². The predicted octanol–water partition coefficient (Wildman–Crippen LogP) is 3.47. The lowest BCUT2D eigenvalue weighted by Gasteiger charge is -2.30. The number of hydrogen-bond acceptors (Lipinski definition) is 3. The summed E-state index contributed by atoms with van der Waals surface area (Å²) < 4.78 is 5.62. The first kappa shape index (κ1) is 17.5. The lowest BCUT2D eigenvalue weighted by Crippen LogP contribution is -2.44. The highest BCUT2D eigenvalue weighted by atomic mass is 16.4. The molecule has 1 aromatic carbocycles. The molecule has 0 unspecified atom stereocenters. The van der Waals surface area contributed by atoms with Gasteiger partial charge in [0, 0.05) is 19.0 Å². The summed E-state index contributed by atoms with van der Waals surface area (Å²) in [4.78, 5) is 8.75. The first-order chi connectivity index (χ1) is 12.1. The van der Waals surface area contributed by atoms with Gasteiger partial charge in [-0.05, 0) is 32.3 Å². The fourth-order valence-electron chi connectivity index (χ4n) is 3.66. The van der Waals surface area contributed by atoms with E-state index >= 15 is 0 Å². The van der Waals surface area contributed by atoms with Crippen molar-refractivity contribution >= 4 is 5.96 Å². The van der Waals surface area contributed by atoms with Gasteiger partial charge < -0.3 is 15.1 Å². The Morgan fingerprint density at radius 2 is 1.88 bits per heavy atom. The van der Waals surface area contributed by atoms with Crippen LogP contribution in [-0.2, 0) is 12.0 Å². The lowest BCUT2D eigenvalue weighted by atomic mass is 9.79. The van der Waals surface area contributed by atoms with Gasteiger partial charge in [-0.15, -0.1) is 0 Å².